The third-order valence-electron chi connectivity index (χ3n) is 5.55. The lowest BCUT2D eigenvalue weighted by Crippen LogP contribution is -2.44. The molecule has 1 aliphatic carbocycles. The molecule has 0 bridgehead atoms. The zero-order valence-electron chi connectivity index (χ0n) is 15.8. The molecule has 4 nitrogen and oxygen atoms in total. The smallest absolute Gasteiger partial charge is 0.251 e. The maximum absolute atomic E-state index is 12.5. The van der Waals surface area contributed by atoms with Gasteiger partial charge in [0.05, 0.1) is 12.2 Å². The third kappa shape index (κ3) is 5.05. The Morgan fingerprint density at radius 2 is 1.72 bits per heavy atom. The Balaban J connectivity index is 1.55. The molecule has 3 rings (SSSR count). The van der Waals surface area contributed by atoms with E-state index in [2.05, 4.69) is 43.1 Å². The number of rotatable bonds is 4. The minimum Gasteiger partial charge on any atom is -0.373 e. The highest BCUT2D eigenvalue weighted by atomic mass is 16.5. The maximum atomic E-state index is 12.5. The Morgan fingerprint density at radius 1 is 1.08 bits per heavy atom. The highest BCUT2D eigenvalue weighted by molar-refractivity contribution is 5.94. The molecule has 0 aromatic heterocycles. The summed E-state index contributed by atoms with van der Waals surface area (Å²) in [5.74, 6) is 0.654. The van der Waals surface area contributed by atoms with Crippen LogP contribution in [0.15, 0.2) is 24.3 Å². The van der Waals surface area contributed by atoms with Crippen molar-refractivity contribution in [2.75, 3.05) is 13.1 Å². The van der Waals surface area contributed by atoms with Crippen LogP contribution < -0.4 is 5.32 Å². The topological polar surface area (TPSA) is 41.6 Å². The van der Waals surface area contributed by atoms with Crippen molar-refractivity contribution in [3.05, 3.63) is 35.4 Å². The molecule has 2 aliphatic rings. The summed E-state index contributed by atoms with van der Waals surface area (Å²) in [7, 11) is 0. The Labute approximate surface area is 151 Å². The van der Waals surface area contributed by atoms with Crippen LogP contribution in [0.5, 0.6) is 0 Å². The molecule has 1 saturated heterocycles. The fourth-order valence-electron chi connectivity index (χ4n) is 4.22. The first-order valence-electron chi connectivity index (χ1n) is 9.79. The fourth-order valence-corrected chi connectivity index (χ4v) is 4.22. The molecule has 1 saturated carbocycles. The number of ether oxygens (including phenoxy) is 1. The van der Waals surface area contributed by atoms with E-state index in [0.29, 0.717) is 12.0 Å². The Bertz CT molecular complexity index is 562. The van der Waals surface area contributed by atoms with Crippen LogP contribution in [-0.4, -0.2) is 42.1 Å². The van der Waals surface area contributed by atoms with Crippen molar-refractivity contribution in [2.45, 2.75) is 71.2 Å². The molecule has 4 heteroatoms. The Hall–Kier alpha value is -1.39. The highest BCUT2D eigenvalue weighted by Crippen LogP contribution is 2.24. The summed E-state index contributed by atoms with van der Waals surface area (Å²) < 4.78 is 5.79. The quantitative estimate of drug-likeness (QED) is 0.907. The predicted molar refractivity (Wildman–Crippen MR) is 101 cm³/mol. The first-order chi connectivity index (χ1) is 12.0. The summed E-state index contributed by atoms with van der Waals surface area (Å²) in [5.41, 5.74) is 2.02. The molecular weight excluding hydrogens is 312 g/mol. The number of nitrogens with one attached hydrogen (secondary N) is 1. The van der Waals surface area contributed by atoms with Gasteiger partial charge in [-0.1, -0.05) is 31.9 Å². The predicted octanol–water partition coefficient (Wildman–Crippen LogP) is 3.60. The van der Waals surface area contributed by atoms with Crippen LogP contribution in [0, 0.1) is 5.92 Å². The van der Waals surface area contributed by atoms with Gasteiger partial charge in [-0.05, 0) is 50.3 Å². The second-order valence-electron chi connectivity index (χ2n) is 7.99. The number of hydrogen-bond acceptors (Lipinski definition) is 3. The normalized spacial score (nSPS) is 30.8. The average Bonchev–Trinajstić information content (AvgIpc) is 2.56. The number of benzene rings is 1. The molecule has 25 heavy (non-hydrogen) atoms. The monoisotopic (exact) mass is 344 g/mol. The van der Waals surface area contributed by atoms with Gasteiger partial charge < -0.3 is 10.1 Å². The van der Waals surface area contributed by atoms with Gasteiger partial charge >= 0.3 is 0 Å². The van der Waals surface area contributed by atoms with Crippen LogP contribution in [-0.2, 0) is 11.3 Å². The van der Waals surface area contributed by atoms with Crippen molar-refractivity contribution >= 4 is 5.91 Å². The van der Waals surface area contributed by atoms with Gasteiger partial charge in [0.15, 0.2) is 0 Å². The molecule has 4 unspecified atom stereocenters. The number of amides is 1. The first-order valence-corrected chi connectivity index (χ1v) is 9.79. The van der Waals surface area contributed by atoms with Gasteiger partial charge in [0.25, 0.3) is 5.91 Å². The second-order valence-corrected chi connectivity index (χ2v) is 7.99. The lowest BCUT2D eigenvalue weighted by Gasteiger charge is -2.35. The lowest BCUT2D eigenvalue weighted by atomic mass is 9.86. The van der Waals surface area contributed by atoms with Crippen LogP contribution in [0.3, 0.4) is 0 Å². The minimum atomic E-state index is 0.0684. The summed E-state index contributed by atoms with van der Waals surface area (Å²) in [5, 5.41) is 3.23. The Morgan fingerprint density at radius 3 is 2.36 bits per heavy atom. The van der Waals surface area contributed by atoms with Crippen molar-refractivity contribution in [1.82, 2.24) is 10.2 Å². The molecule has 1 aromatic carbocycles. The molecule has 4 atom stereocenters. The van der Waals surface area contributed by atoms with E-state index in [1.165, 1.54) is 24.8 Å². The van der Waals surface area contributed by atoms with E-state index in [4.69, 9.17) is 4.74 Å². The van der Waals surface area contributed by atoms with Crippen molar-refractivity contribution < 1.29 is 9.53 Å². The summed E-state index contributed by atoms with van der Waals surface area (Å²) >= 11 is 0. The molecule has 1 amide bonds. The van der Waals surface area contributed by atoms with E-state index in [9.17, 15) is 4.79 Å². The largest absolute Gasteiger partial charge is 0.373 e. The van der Waals surface area contributed by atoms with Crippen LogP contribution >= 0.6 is 0 Å². The highest BCUT2D eigenvalue weighted by Gasteiger charge is 2.24. The number of hydrogen-bond donors (Lipinski definition) is 1. The molecular formula is C21H32N2O2. The first kappa shape index (κ1) is 18.4. The zero-order valence-corrected chi connectivity index (χ0v) is 15.8. The van der Waals surface area contributed by atoms with E-state index in [0.717, 1.165) is 31.6 Å². The van der Waals surface area contributed by atoms with E-state index in [1.807, 2.05) is 12.1 Å². The van der Waals surface area contributed by atoms with Crippen LogP contribution in [0.2, 0.25) is 0 Å². The van der Waals surface area contributed by atoms with Gasteiger partial charge in [-0.2, -0.15) is 0 Å². The SMILES string of the molecule is CC1CN(Cc2ccc(C(=O)NC3CCCCC3C)cc2)CC(C)O1. The molecule has 0 radical (unpaired) electrons. The number of morpholine rings is 1. The van der Waals surface area contributed by atoms with Crippen molar-refractivity contribution in [1.29, 1.82) is 0 Å². The molecule has 2 fully saturated rings. The van der Waals surface area contributed by atoms with E-state index in [-0.39, 0.29) is 18.1 Å². The summed E-state index contributed by atoms with van der Waals surface area (Å²) in [6.07, 6.45) is 5.42. The summed E-state index contributed by atoms with van der Waals surface area (Å²) in [6.45, 7) is 9.35. The van der Waals surface area contributed by atoms with Crippen molar-refractivity contribution in [3.63, 3.8) is 0 Å². The van der Waals surface area contributed by atoms with Crippen LogP contribution in [0.1, 0.15) is 62.4 Å². The number of carbonyl (C=O) groups is 1. The lowest BCUT2D eigenvalue weighted by molar-refractivity contribution is -0.0704. The Kier molecular flexibility index (Phi) is 6.13. The van der Waals surface area contributed by atoms with Crippen LogP contribution in [0.25, 0.3) is 0 Å². The molecule has 1 aliphatic heterocycles. The van der Waals surface area contributed by atoms with Gasteiger partial charge in [-0.25, -0.2) is 0 Å². The summed E-state index contributed by atoms with van der Waals surface area (Å²) in [6, 6.07) is 8.43. The third-order valence-corrected chi connectivity index (χ3v) is 5.55. The van der Waals surface area contributed by atoms with E-state index in [1.54, 1.807) is 0 Å². The van der Waals surface area contributed by atoms with E-state index >= 15 is 0 Å². The van der Waals surface area contributed by atoms with Gasteiger partial charge in [0.2, 0.25) is 0 Å². The van der Waals surface area contributed by atoms with Gasteiger partial charge in [0.1, 0.15) is 0 Å². The van der Waals surface area contributed by atoms with Gasteiger partial charge in [-0.15, -0.1) is 0 Å². The average molecular weight is 344 g/mol. The van der Waals surface area contributed by atoms with Crippen molar-refractivity contribution in [3.8, 4) is 0 Å². The summed E-state index contributed by atoms with van der Waals surface area (Å²) in [4.78, 5) is 14.9. The number of carbonyl (C=O) groups excluding carboxylic acids is 1. The fraction of sp³-hybridized carbons (Fsp3) is 0.667. The second kappa shape index (κ2) is 8.33. The van der Waals surface area contributed by atoms with E-state index < -0.39 is 0 Å². The molecule has 1 aromatic rings. The van der Waals surface area contributed by atoms with Gasteiger partial charge in [0, 0.05) is 31.2 Å². The standard InChI is InChI=1S/C21H32N2O2/c1-15-6-4-5-7-20(15)22-21(24)19-10-8-18(9-11-19)14-23-12-16(2)25-17(3)13-23/h8-11,15-17,20H,4-7,12-14H2,1-3H3,(H,22,24). The molecule has 138 valence electrons. The minimum absolute atomic E-state index is 0.0684. The van der Waals surface area contributed by atoms with Crippen LogP contribution in [0.4, 0.5) is 0 Å². The van der Waals surface area contributed by atoms with Crippen molar-refractivity contribution in [2.24, 2.45) is 5.92 Å². The molecule has 1 heterocycles. The van der Waals surface area contributed by atoms with Gasteiger partial charge in [-0.3, -0.25) is 9.69 Å². The zero-order chi connectivity index (χ0) is 17.8. The number of nitrogens with zero attached hydrogens (tertiary/aromatic N) is 1. The molecule has 1 N–H and O–H groups in total. The maximum Gasteiger partial charge on any atom is 0.251 e. The molecule has 0 spiro atoms.